The van der Waals surface area contributed by atoms with Crippen LogP contribution in [0.15, 0.2) is 47.1 Å². The molecule has 0 amide bonds. The van der Waals surface area contributed by atoms with Gasteiger partial charge >= 0.3 is 6.18 Å². The van der Waals surface area contributed by atoms with Crippen molar-refractivity contribution >= 4 is 17.7 Å². The number of hydrogen-bond acceptors (Lipinski definition) is 7. The van der Waals surface area contributed by atoms with Crippen molar-refractivity contribution in [2.24, 2.45) is 0 Å². The molecule has 4 rings (SSSR count). The first-order valence-electron chi connectivity index (χ1n) is 8.56. The molecular weight excluding hydrogens is 375 g/mol. The van der Waals surface area contributed by atoms with Crippen molar-refractivity contribution in [3.63, 3.8) is 0 Å². The monoisotopic (exact) mass is 391 g/mol. The van der Waals surface area contributed by atoms with E-state index in [4.69, 9.17) is 9.26 Å². The van der Waals surface area contributed by atoms with Crippen LogP contribution in [0, 0.1) is 0 Å². The largest absolute Gasteiger partial charge is 0.416 e. The molecule has 0 aliphatic carbocycles. The molecule has 0 spiro atoms. The van der Waals surface area contributed by atoms with E-state index < -0.39 is 11.7 Å². The predicted octanol–water partition coefficient (Wildman–Crippen LogP) is 3.73. The van der Waals surface area contributed by atoms with Gasteiger partial charge in [-0.3, -0.25) is 0 Å². The summed E-state index contributed by atoms with van der Waals surface area (Å²) in [4.78, 5) is 10.7. The number of nitrogens with zero attached hydrogens (tertiary/aromatic N) is 4. The Hall–Kier alpha value is -3.14. The molecule has 1 aromatic carbocycles. The van der Waals surface area contributed by atoms with Crippen LogP contribution < -0.4 is 10.2 Å². The number of nitrogens with one attached hydrogen (secondary N) is 1. The van der Waals surface area contributed by atoms with Crippen molar-refractivity contribution < 1.29 is 22.4 Å². The molecule has 0 unspecified atom stereocenters. The van der Waals surface area contributed by atoms with Gasteiger partial charge < -0.3 is 19.5 Å². The first kappa shape index (κ1) is 18.2. The van der Waals surface area contributed by atoms with Crippen molar-refractivity contribution in [1.29, 1.82) is 0 Å². The summed E-state index contributed by atoms with van der Waals surface area (Å²) in [6.07, 6.45) is -2.74. The number of hydrogen-bond donors (Lipinski definition) is 1. The Labute approximate surface area is 158 Å². The molecule has 0 bridgehead atoms. The molecule has 1 N–H and O–H groups in total. The van der Waals surface area contributed by atoms with Crippen LogP contribution in [0.25, 0.3) is 11.3 Å². The minimum absolute atomic E-state index is 0.321. The molecule has 0 atom stereocenters. The zero-order valence-electron chi connectivity index (χ0n) is 14.6. The average molecular weight is 391 g/mol. The Morgan fingerprint density at radius 3 is 2.50 bits per heavy atom. The fourth-order valence-corrected chi connectivity index (χ4v) is 2.76. The Balaban J connectivity index is 1.48. The highest BCUT2D eigenvalue weighted by Gasteiger charge is 2.30. The van der Waals surface area contributed by atoms with Gasteiger partial charge in [-0.1, -0.05) is 17.3 Å². The van der Waals surface area contributed by atoms with Crippen LogP contribution in [0.5, 0.6) is 0 Å². The Bertz CT molecular complexity index is 937. The summed E-state index contributed by atoms with van der Waals surface area (Å²) >= 11 is 0. The van der Waals surface area contributed by atoms with Crippen molar-refractivity contribution in [2.45, 2.75) is 6.18 Å². The van der Waals surface area contributed by atoms with Crippen molar-refractivity contribution in [3.8, 4) is 11.3 Å². The van der Waals surface area contributed by atoms with Crippen molar-refractivity contribution in [3.05, 3.63) is 48.2 Å². The lowest BCUT2D eigenvalue weighted by atomic mass is 10.1. The smallest absolute Gasteiger partial charge is 0.378 e. The zero-order valence-corrected chi connectivity index (χ0v) is 14.6. The predicted molar refractivity (Wildman–Crippen MR) is 95.3 cm³/mol. The number of benzene rings is 1. The van der Waals surface area contributed by atoms with E-state index >= 15 is 0 Å². The van der Waals surface area contributed by atoms with Crippen LogP contribution >= 0.6 is 0 Å². The molecule has 10 heteroatoms. The number of alkyl halides is 3. The van der Waals surface area contributed by atoms with Gasteiger partial charge in [-0.05, 0) is 18.2 Å². The Morgan fingerprint density at radius 2 is 1.79 bits per heavy atom. The molecule has 1 aliphatic heterocycles. The van der Waals surface area contributed by atoms with Crippen molar-refractivity contribution in [2.75, 3.05) is 36.5 Å². The van der Waals surface area contributed by atoms with Gasteiger partial charge in [0.25, 0.3) is 0 Å². The number of morpholine rings is 1. The van der Waals surface area contributed by atoms with Crippen LogP contribution in [-0.4, -0.2) is 41.4 Å². The second-order valence-corrected chi connectivity index (χ2v) is 6.12. The highest BCUT2D eigenvalue weighted by molar-refractivity contribution is 5.64. The molecule has 0 saturated carbocycles. The minimum Gasteiger partial charge on any atom is -0.378 e. The fraction of sp³-hybridized carbons (Fsp3) is 0.278. The third kappa shape index (κ3) is 4.06. The van der Waals surface area contributed by atoms with Gasteiger partial charge in [-0.25, -0.2) is 4.98 Å². The van der Waals surface area contributed by atoms with Gasteiger partial charge in [-0.15, -0.1) is 0 Å². The van der Waals surface area contributed by atoms with E-state index in [0.717, 1.165) is 12.1 Å². The van der Waals surface area contributed by atoms with Gasteiger partial charge in [-0.2, -0.15) is 18.2 Å². The van der Waals surface area contributed by atoms with Gasteiger partial charge in [0.2, 0.25) is 11.8 Å². The van der Waals surface area contributed by atoms with E-state index in [1.54, 1.807) is 18.3 Å². The van der Waals surface area contributed by atoms with Gasteiger partial charge in [0.05, 0.1) is 18.8 Å². The normalized spacial score (nSPS) is 14.9. The van der Waals surface area contributed by atoms with Crippen LogP contribution in [0.3, 0.4) is 0 Å². The summed E-state index contributed by atoms with van der Waals surface area (Å²) in [6, 6.07) is 8.01. The molecule has 1 saturated heterocycles. The molecule has 3 aromatic rings. The summed E-state index contributed by atoms with van der Waals surface area (Å²) in [5.41, 5.74) is 0.217. The Morgan fingerprint density at radius 1 is 1.04 bits per heavy atom. The standard InChI is InChI=1S/C18H16F3N5O2/c19-18(20,21)13-3-1-12(2-4-13)14-11-16(28-25-14)23-15-5-6-22-17(24-15)26-7-9-27-10-8-26/h1-6,11H,7-10H2,(H,22,23,24). The fourth-order valence-electron chi connectivity index (χ4n) is 2.76. The number of rotatable bonds is 4. The second-order valence-electron chi connectivity index (χ2n) is 6.12. The van der Waals surface area contributed by atoms with Crippen LogP contribution in [0.4, 0.5) is 30.8 Å². The summed E-state index contributed by atoms with van der Waals surface area (Å²) in [5, 5.41) is 6.89. The maximum atomic E-state index is 12.7. The molecular formula is C18H16F3N5O2. The summed E-state index contributed by atoms with van der Waals surface area (Å²) in [5.74, 6) is 1.42. The average Bonchev–Trinajstić information content (AvgIpc) is 3.17. The molecule has 3 heterocycles. The maximum absolute atomic E-state index is 12.7. The summed E-state index contributed by atoms with van der Waals surface area (Å²) in [6.45, 7) is 2.67. The van der Waals surface area contributed by atoms with E-state index in [9.17, 15) is 13.2 Å². The number of halogens is 3. The lowest BCUT2D eigenvalue weighted by Gasteiger charge is -2.26. The van der Waals surface area contributed by atoms with Gasteiger partial charge in [0.1, 0.15) is 11.5 Å². The zero-order chi connectivity index (χ0) is 19.6. The van der Waals surface area contributed by atoms with Crippen molar-refractivity contribution in [1.82, 2.24) is 15.1 Å². The highest BCUT2D eigenvalue weighted by atomic mass is 19.4. The number of anilines is 3. The minimum atomic E-state index is -4.37. The SMILES string of the molecule is FC(F)(F)c1ccc(-c2cc(Nc3ccnc(N4CCOCC4)n3)on2)cc1. The van der Waals surface area contributed by atoms with E-state index in [2.05, 4.69) is 20.4 Å². The van der Waals surface area contributed by atoms with E-state index in [1.165, 1.54) is 12.1 Å². The first-order chi connectivity index (χ1) is 13.5. The molecule has 2 aromatic heterocycles. The molecule has 1 aliphatic rings. The van der Waals surface area contributed by atoms with Crippen LogP contribution in [0.2, 0.25) is 0 Å². The number of aromatic nitrogens is 3. The van der Waals surface area contributed by atoms with Crippen LogP contribution in [-0.2, 0) is 10.9 Å². The van der Waals surface area contributed by atoms with Gasteiger partial charge in [0, 0.05) is 30.9 Å². The first-order valence-corrected chi connectivity index (χ1v) is 8.56. The molecule has 0 radical (unpaired) electrons. The third-order valence-corrected chi connectivity index (χ3v) is 4.21. The molecule has 28 heavy (non-hydrogen) atoms. The summed E-state index contributed by atoms with van der Waals surface area (Å²) in [7, 11) is 0. The summed E-state index contributed by atoms with van der Waals surface area (Å²) < 4.78 is 48.6. The third-order valence-electron chi connectivity index (χ3n) is 4.21. The quantitative estimate of drug-likeness (QED) is 0.726. The van der Waals surface area contributed by atoms with E-state index in [0.29, 0.717) is 55.2 Å². The lowest BCUT2D eigenvalue weighted by molar-refractivity contribution is -0.137. The second kappa shape index (κ2) is 7.47. The molecule has 1 fully saturated rings. The maximum Gasteiger partial charge on any atom is 0.416 e. The van der Waals surface area contributed by atoms with Gasteiger partial charge in [0.15, 0.2) is 0 Å². The highest BCUT2D eigenvalue weighted by Crippen LogP contribution is 2.31. The molecule has 7 nitrogen and oxygen atoms in total. The van der Waals surface area contributed by atoms with E-state index in [-0.39, 0.29) is 0 Å². The van der Waals surface area contributed by atoms with E-state index in [1.807, 2.05) is 4.90 Å². The Kier molecular flexibility index (Phi) is 4.86. The molecule has 146 valence electrons. The number of ether oxygens (including phenoxy) is 1. The topological polar surface area (TPSA) is 76.3 Å². The lowest BCUT2D eigenvalue weighted by Crippen LogP contribution is -2.37. The van der Waals surface area contributed by atoms with Crippen LogP contribution in [0.1, 0.15) is 5.56 Å².